The standard InChI is InChI=1S/C12H10ClF3N2O2/c1-11(20,6-13)10(19)18-8-3-2-7(5-17)9(4-8)12(14,15)16/h2-4,20H,6H2,1H3,(H,18,19)/t11-/m0/s1. The summed E-state index contributed by atoms with van der Waals surface area (Å²) in [6.45, 7) is 1.13. The van der Waals surface area contributed by atoms with E-state index in [0.717, 1.165) is 19.1 Å². The fourth-order valence-corrected chi connectivity index (χ4v) is 1.40. The lowest BCUT2D eigenvalue weighted by atomic mass is 10.1. The topological polar surface area (TPSA) is 73.1 Å². The molecule has 0 aliphatic rings. The first-order valence-electron chi connectivity index (χ1n) is 5.33. The summed E-state index contributed by atoms with van der Waals surface area (Å²) in [6, 6.07) is 4.12. The molecule has 1 aromatic carbocycles. The quantitative estimate of drug-likeness (QED) is 0.843. The van der Waals surface area contributed by atoms with Crippen LogP contribution in [0.3, 0.4) is 0 Å². The SMILES string of the molecule is C[C@](O)(CCl)C(=O)Nc1ccc(C#N)c(C(F)(F)F)c1. The van der Waals surface area contributed by atoms with Gasteiger partial charge in [0.15, 0.2) is 5.60 Å². The predicted molar refractivity (Wildman–Crippen MR) is 66.1 cm³/mol. The maximum Gasteiger partial charge on any atom is 0.417 e. The monoisotopic (exact) mass is 306 g/mol. The maximum absolute atomic E-state index is 12.7. The van der Waals surface area contributed by atoms with Gasteiger partial charge in [-0.15, -0.1) is 11.6 Å². The van der Waals surface area contributed by atoms with Crippen LogP contribution in [0.1, 0.15) is 18.1 Å². The first kappa shape index (κ1) is 16.3. The smallest absolute Gasteiger partial charge is 0.379 e. The Bertz CT molecular complexity index is 565. The van der Waals surface area contributed by atoms with E-state index in [4.69, 9.17) is 16.9 Å². The summed E-state index contributed by atoms with van der Waals surface area (Å²) in [5, 5.41) is 20.3. The van der Waals surface area contributed by atoms with Crippen molar-refractivity contribution in [3.63, 3.8) is 0 Å². The van der Waals surface area contributed by atoms with Crippen molar-refractivity contribution in [2.75, 3.05) is 11.2 Å². The van der Waals surface area contributed by atoms with Gasteiger partial charge in [-0.1, -0.05) is 0 Å². The molecule has 1 rings (SSSR count). The largest absolute Gasteiger partial charge is 0.417 e. The number of nitrogens with one attached hydrogen (secondary N) is 1. The molecule has 0 heterocycles. The molecule has 0 bridgehead atoms. The van der Waals surface area contributed by atoms with Crippen molar-refractivity contribution < 1.29 is 23.1 Å². The van der Waals surface area contributed by atoms with Gasteiger partial charge in [0.2, 0.25) is 0 Å². The van der Waals surface area contributed by atoms with E-state index in [9.17, 15) is 23.1 Å². The highest BCUT2D eigenvalue weighted by Crippen LogP contribution is 2.33. The number of alkyl halides is 4. The number of hydrogen-bond acceptors (Lipinski definition) is 3. The molecule has 0 aromatic heterocycles. The molecule has 8 heteroatoms. The van der Waals surface area contributed by atoms with Crippen molar-refractivity contribution in [3.8, 4) is 6.07 Å². The molecular weight excluding hydrogens is 297 g/mol. The lowest BCUT2D eigenvalue weighted by molar-refractivity contribution is -0.137. The molecule has 0 unspecified atom stereocenters. The molecule has 0 saturated heterocycles. The van der Waals surface area contributed by atoms with Crippen LogP contribution in [-0.4, -0.2) is 22.5 Å². The summed E-state index contributed by atoms with van der Waals surface area (Å²) in [5.74, 6) is -1.35. The van der Waals surface area contributed by atoms with Crippen LogP contribution in [0, 0.1) is 11.3 Å². The van der Waals surface area contributed by atoms with Crippen LogP contribution in [0.5, 0.6) is 0 Å². The minimum absolute atomic E-state index is 0.188. The van der Waals surface area contributed by atoms with Crippen LogP contribution in [0.4, 0.5) is 18.9 Å². The van der Waals surface area contributed by atoms with Gasteiger partial charge in [-0.3, -0.25) is 4.79 Å². The number of hydrogen-bond donors (Lipinski definition) is 2. The Morgan fingerprint density at radius 3 is 2.55 bits per heavy atom. The van der Waals surface area contributed by atoms with Crippen LogP contribution >= 0.6 is 11.6 Å². The molecule has 0 aliphatic carbocycles. The molecule has 20 heavy (non-hydrogen) atoms. The second kappa shape index (κ2) is 5.69. The minimum Gasteiger partial charge on any atom is -0.379 e. The van der Waals surface area contributed by atoms with Gasteiger partial charge in [-0.2, -0.15) is 18.4 Å². The van der Waals surface area contributed by atoms with E-state index < -0.39 is 34.7 Å². The molecule has 2 N–H and O–H groups in total. The van der Waals surface area contributed by atoms with Crippen LogP contribution in [0.2, 0.25) is 0 Å². The summed E-state index contributed by atoms with van der Waals surface area (Å²) in [6.07, 6.45) is -4.72. The summed E-state index contributed by atoms with van der Waals surface area (Å²) >= 11 is 5.37. The van der Waals surface area contributed by atoms with Crippen LogP contribution in [0.25, 0.3) is 0 Å². The zero-order valence-electron chi connectivity index (χ0n) is 10.3. The molecule has 108 valence electrons. The Labute approximate surface area is 117 Å². The fraction of sp³-hybridized carbons (Fsp3) is 0.333. The average molecular weight is 307 g/mol. The molecule has 1 atom stereocenters. The molecule has 0 fully saturated rings. The van der Waals surface area contributed by atoms with Gasteiger partial charge < -0.3 is 10.4 Å². The van der Waals surface area contributed by atoms with E-state index in [0.29, 0.717) is 6.07 Å². The third kappa shape index (κ3) is 3.62. The van der Waals surface area contributed by atoms with Crippen molar-refractivity contribution in [1.29, 1.82) is 5.26 Å². The van der Waals surface area contributed by atoms with Crippen molar-refractivity contribution in [3.05, 3.63) is 29.3 Å². The van der Waals surface area contributed by atoms with Crippen molar-refractivity contribution in [1.82, 2.24) is 0 Å². The Morgan fingerprint density at radius 1 is 1.50 bits per heavy atom. The second-order valence-corrected chi connectivity index (χ2v) is 4.50. The van der Waals surface area contributed by atoms with Gasteiger partial charge in [0.05, 0.1) is 23.1 Å². The Balaban J connectivity index is 3.12. The number of carbonyl (C=O) groups excluding carboxylic acids is 1. The van der Waals surface area contributed by atoms with Gasteiger partial charge in [-0.05, 0) is 25.1 Å². The molecule has 1 aromatic rings. The number of amides is 1. The number of anilines is 1. The van der Waals surface area contributed by atoms with Crippen LogP contribution in [-0.2, 0) is 11.0 Å². The molecule has 1 amide bonds. The third-order valence-electron chi connectivity index (χ3n) is 2.45. The molecule has 0 spiro atoms. The van der Waals surface area contributed by atoms with E-state index in [-0.39, 0.29) is 5.69 Å². The Hall–Kier alpha value is -1.78. The van der Waals surface area contributed by atoms with E-state index in [1.54, 1.807) is 0 Å². The number of carbonyl (C=O) groups is 1. The number of rotatable bonds is 3. The van der Waals surface area contributed by atoms with Gasteiger partial charge in [-0.25, -0.2) is 0 Å². The highest BCUT2D eigenvalue weighted by atomic mass is 35.5. The number of nitrogens with zero attached hydrogens (tertiary/aromatic N) is 1. The van der Waals surface area contributed by atoms with E-state index in [1.807, 2.05) is 0 Å². The van der Waals surface area contributed by atoms with E-state index >= 15 is 0 Å². The number of aliphatic hydroxyl groups is 1. The fourth-order valence-electron chi connectivity index (χ4n) is 1.28. The normalized spacial score (nSPS) is 14.2. The molecule has 0 aliphatic heterocycles. The summed E-state index contributed by atoms with van der Waals surface area (Å²) in [4.78, 5) is 11.6. The van der Waals surface area contributed by atoms with Crippen molar-refractivity contribution in [2.24, 2.45) is 0 Å². The Kier molecular flexibility index (Phi) is 4.63. The van der Waals surface area contributed by atoms with Gasteiger partial charge in [0, 0.05) is 5.69 Å². The first-order chi connectivity index (χ1) is 9.11. The van der Waals surface area contributed by atoms with Crippen molar-refractivity contribution >= 4 is 23.2 Å². The third-order valence-corrected chi connectivity index (χ3v) is 2.97. The van der Waals surface area contributed by atoms with Crippen LogP contribution < -0.4 is 5.32 Å². The lowest BCUT2D eigenvalue weighted by Crippen LogP contribution is -2.41. The Morgan fingerprint density at radius 2 is 2.10 bits per heavy atom. The molecule has 0 saturated carbocycles. The van der Waals surface area contributed by atoms with E-state index in [1.165, 1.54) is 6.07 Å². The lowest BCUT2D eigenvalue weighted by Gasteiger charge is -2.19. The first-order valence-corrected chi connectivity index (χ1v) is 5.86. The predicted octanol–water partition coefficient (Wildman–Crippen LogP) is 2.51. The summed E-state index contributed by atoms with van der Waals surface area (Å²) < 4.78 is 38.2. The maximum atomic E-state index is 12.7. The number of halogens is 4. The number of benzene rings is 1. The average Bonchev–Trinajstić information content (AvgIpc) is 2.37. The van der Waals surface area contributed by atoms with Gasteiger partial charge >= 0.3 is 6.18 Å². The van der Waals surface area contributed by atoms with Gasteiger partial charge in [0.1, 0.15) is 0 Å². The molecule has 0 radical (unpaired) electrons. The van der Waals surface area contributed by atoms with Crippen LogP contribution in [0.15, 0.2) is 18.2 Å². The second-order valence-electron chi connectivity index (χ2n) is 4.23. The molecule has 4 nitrogen and oxygen atoms in total. The van der Waals surface area contributed by atoms with E-state index in [2.05, 4.69) is 5.32 Å². The zero-order chi connectivity index (χ0) is 15.6. The summed E-state index contributed by atoms with van der Waals surface area (Å²) in [5.41, 5.74) is -3.82. The number of nitriles is 1. The zero-order valence-corrected chi connectivity index (χ0v) is 11.0. The van der Waals surface area contributed by atoms with Gasteiger partial charge in [0.25, 0.3) is 5.91 Å². The summed E-state index contributed by atoms with van der Waals surface area (Å²) in [7, 11) is 0. The highest BCUT2D eigenvalue weighted by molar-refractivity contribution is 6.21. The van der Waals surface area contributed by atoms with Crippen molar-refractivity contribution in [2.45, 2.75) is 18.7 Å². The molecular formula is C12H10ClF3N2O2. The highest BCUT2D eigenvalue weighted by Gasteiger charge is 2.34. The minimum atomic E-state index is -4.72.